The van der Waals surface area contributed by atoms with Crippen LogP contribution in [0.25, 0.3) is 23.3 Å². The fraction of sp³-hybridized carbons (Fsp3) is 0.120. The third kappa shape index (κ3) is 4.18. The summed E-state index contributed by atoms with van der Waals surface area (Å²) in [6, 6.07) is 15.5. The van der Waals surface area contributed by atoms with E-state index < -0.39 is 11.6 Å². The molecule has 0 aliphatic heterocycles. The lowest BCUT2D eigenvalue weighted by atomic mass is 10.0. The molecule has 3 aromatic carbocycles. The van der Waals surface area contributed by atoms with Crippen molar-refractivity contribution in [3.05, 3.63) is 94.3 Å². The van der Waals surface area contributed by atoms with E-state index in [2.05, 4.69) is 11.8 Å². The first kappa shape index (κ1) is 19.5. The SMILES string of the molecule is CC#Cc1ccc(-c2ccc(/C=C/c3ccc(CC)c(F)c3F)cc2)cc1F. The Morgan fingerprint density at radius 1 is 0.821 bits per heavy atom. The maximum atomic E-state index is 14.1. The van der Waals surface area contributed by atoms with Gasteiger partial charge in [-0.3, -0.25) is 0 Å². The van der Waals surface area contributed by atoms with Crippen molar-refractivity contribution in [2.45, 2.75) is 20.3 Å². The van der Waals surface area contributed by atoms with Crippen LogP contribution in [0, 0.1) is 29.3 Å². The van der Waals surface area contributed by atoms with E-state index in [1.54, 1.807) is 44.2 Å². The van der Waals surface area contributed by atoms with Gasteiger partial charge < -0.3 is 0 Å². The molecular weight excluding hydrogens is 357 g/mol. The molecule has 3 rings (SSSR count). The molecule has 0 N–H and O–H groups in total. The van der Waals surface area contributed by atoms with E-state index in [1.165, 1.54) is 6.07 Å². The van der Waals surface area contributed by atoms with Crippen LogP contribution in [0.4, 0.5) is 13.2 Å². The average molecular weight is 376 g/mol. The Balaban J connectivity index is 1.81. The highest BCUT2D eigenvalue weighted by Crippen LogP contribution is 2.24. The number of hydrogen-bond acceptors (Lipinski definition) is 0. The van der Waals surface area contributed by atoms with Gasteiger partial charge in [-0.1, -0.05) is 67.5 Å². The van der Waals surface area contributed by atoms with Crippen LogP contribution in [-0.4, -0.2) is 0 Å². The van der Waals surface area contributed by atoms with Gasteiger partial charge in [-0.05, 0) is 47.7 Å². The second kappa shape index (κ2) is 8.63. The molecule has 0 bridgehead atoms. The topological polar surface area (TPSA) is 0 Å². The second-order valence-corrected chi connectivity index (χ2v) is 6.32. The molecule has 140 valence electrons. The molecule has 3 aromatic rings. The Kier molecular flexibility index (Phi) is 6.01. The monoisotopic (exact) mass is 376 g/mol. The third-order valence-corrected chi connectivity index (χ3v) is 4.50. The van der Waals surface area contributed by atoms with Crippen molar-refractivity contribution >= 4 is 12.2 Å². The summed E-state index contributed by atoms with van der Waals surface area (Å²) in [7, 11) is 0. The van der Waals surface area contributed by atoms with Crippen LogP contribution in [0.2, 0.25) is 0 Å². The number of hydrogen-bond donors (Lipinski definition) is 0. The lowest BCUT2D eigenvalue weighted by Gasteiger charge is -2.05. The molecule has 0 heterocycles. The highest BCUT2D eigenvalue weighted by molar-refractivity contribution is 5.72. The van der Waals surface area contributed by atoms with Crippen LogP contribution in [-0.2, 0) is 6.42 Å². The van der Waals surface area contributed by atoms with E-state index in [-0.39, 0.29) is 11.4 Å². The number of aryl methyl sites for hydroxylation is 1. The minimum absolute atomic E-state index is 0.202. The minimum Gasteiger partial charge on any atom is -0.206 e. The Morgan fingerprint density at radius 2 is 1.54 bits per heavy atom. The minimum atomic E-state index is -0.835. The van der Waals surface area contributed by atoms with Crippen molar-refractivity contribution in [3.63, 3.8) is 0 Å². The summed E-state index contributed by atoms with van der Waals surface area (Å²) in [5.41, 5.74) is 3.37. The predicted octanol–water partition coefficient (Wildman–Crippen LogP) is 6.88. The van der Waals surface area contributed by atoms with E-state index in [1.807, 2.05) is 30.3 Å². The summed E-state index contributed by atoms with van der Waals surface area (Å²) in [5.74, 6) is 3.42. The molecule has 0 aliphatic carbocycles. The van der Waals surface area contributed by atoms with Crippen molar-refractivity contribution in [1.82, 2.24) is 0 Å². The zero-order valence-corrected chi connectivity index (χ0v) is 15.7. The molecule has 0 amide bonds. The van der Waals surface area contributed by atoms with Gasteiger partial charge in [-0.2, -0.15) is 0 Å². The van der Waals surface area contributed by atoms with Gasteiger partial charge in [0.1, 0.15) is 5.82 Å². The fourth-order valence-electron chi connectivity index (χ4n) is 2.91. The van der Waals surface area contributed by atoms with Gasteiger partial charge in [0.15, 0.2) is 11.6 Å². The number of benzene rings is 3. The lowest BCUT2D eigenvalue weighted by Crippen LogP contribution is -1.95. The van der Waals surface area contributed by atoms with E-state index in [9.17, 15) is 13.2 Å². The summed E-state index contributed by atoms with van der Waals surface area (Å²) >= 11 is 0. The molecule has 0 fully saturated rings. The number of rotatable bonds is 4. The molecule has 0 unspecified atom stereocenters. The summed E-state index contributed by atoms with van der Waals surface area (Å²) in [6.45, 7) is 3.45. The first-order valence-corrected chi connectivity index (χ1v) is 9.01. The summed E-state index contributed by atoms with van der Waals surface area (Å²) in [5, 5.41) is 0. The van der Waals surface area contributed by atoms with Crippen LogP contribution in [0.5, 0.6) is 0 Å². The van der Waals surface area contributed by atoms with E-state index in [4.69, 9.17) is 0 Å². The van der Waals surface area contributed by atoms with E-state index >= 15 is 0 Å². The fourth-order valence-corrected chi connectivity index (χ4v) is 2.91. The lowest BCUT2D eigenvalue weighted by molar-refractivity contribution is 0.498. The molecule has 0 saturated heterocycles. The van der Waals surface area contributed by atoms with Gasteiger partial charge >= 0.3 is 0 Å². The zero-order chi connectivity index (χ0) is 20.1. The molecule has 28 heavy (non-hydrogen) atoms. The standard InChI is InChI=1S/C25H19F3/c1-3-5-20-13-15-22(16-23(20)26)19-9-6-17(7-10-19)8-11-21-14-12-18(4-2)24(27)25(21)28/h6-16H,4H2,1-2H3/b11-8+. The molecule has 0 atom stereocenters. The van der Waals surface area contributed by atoms with Gasteiger partial charge in [0, 0.05) is 5.56 Å². The molecule has 0 aliphatic rings. The van der Waals surface area contributed by atoms with Crippen LogP contribution in [0.1, 0.15) is 36.1 Å². The van der Waals surface area contributed by atoms with E-state index in [0.717, 1.165) is 16.7 Å². The van der Waals surface area contributed by atoms with Crippen LogP contribution >= 0.6 is 0 Å². The molecule has 0 radical (unpaired) electrons. The van der Waals surface area contributed by atoms with Gasteiger partial charge in [0.25, 0.3) is 0 Å². The van der Waals surface area contributed by atoms with E-state index in [0.29, 0.717) is 17.5 Å². The maximum Gasteiger partial charge on any atom is 0.166 e. The quantitative estimate of drug-likeness (QED) is 0.344. The molecule has 0 saturated carbocycles. The Labute approximate surface area is 163 Å². The van der Waals surface area contributed by atoms with Gasteiger partial charge in [-0.25, -0.2) is 13.2 Å². The summed E-state index contributed by atoms with van der Waals surface area (Å²) < 4.78 is 42.0. The van der Waals surface area contributed by atoms with Crippen molar-refractivity contribution in [1.29, 1.82) is 0 Å². The summed E-state index contributed by atoms with van der Waals surface area (Å²) in [4.78, 5) is 0. The molecule has 0 spiro atoms. The smallest absolute Gasteiger partial charge is 0.166 e. The first-order valence-electron chi connectivity index (χ1n) is 9.01. The molecule has 0 nitrogen and oxygen atoms in total. The first-order chi connectivity index (χ1) is 13.5. The summed E-state index contributed by atoms with van der Waals surface area (Å²) in [6.07, 6.45) is 3.71. The largest absolute Gasteiger partial charge is 0.206 e. The van der Waals surface area contributed by atoms with Crippen molar-refractivity contribution < 1.29 is 13.2 Å². The van der Waals surface area contributed by atoms with Gasteiger partial charge in [0.05, 0.1) is 5.56 Å². The predicted molar refractivity (Wildman–Crippen MR) is 109 cm³/mol. The Morgan fingerprint density at radius 3 is 2.18 bits per heavy atom. The number of halogens is 3. The highest BCUT2D eigenvalue weighted by Gasteiger charge is 2.10. The maximum absolute atomic E-state index is 14.1. The average Bonchev–Trinajstić information content (AvgIpc) is 2.71. The van der Waals surface area contributed by atoms with Crippen molar-refractivity contribution in [2.75, 3.05) is 0 Å². The normalized spacial score (nSPS) is 10.8. The second-order valence-electron chi connectivity index (χ2n) is 6.32. The zero-order valence-electron chi connectivity index (χ0n) is 15.7. The Bertz CT molecular complexity index is 1080. The molecule has 0 aromatic heterocycles. The third-order valence-electron chi connectivity index (χ3n) is 4.50. The van der Waals surface area contributed by atoms with Gasteiger partial charge in [0.2, 0.25) is 0 Å². The molecular formula is C25H19F3. The van der Waals surface area contributed by atoms with Crippen molar-refractivity contribution in [3.8, 4) is 23.0 Å². The highest BCUT2D eigenvalue weighted by atomic mass is 19.2. The van der Waals surface area contributed by atoms with Crippen LogP contribution in [0.3, 0.4) is 0 Å². The Hall–Kier alpha value is -3.25. The van der Waals surface area contributed by atoms with Gasteiger partial charge in [-0.15, -0.1) is 5.92 Å². The van der Waals surface area contributed by atoms with Crippen LogP contribution < -0.4 is 0 Å². The molecule has 3 heteroatoms. The van der Waals surface area contributed by atoms with Crippen LogP contribution in [0.15, 0.2) is 54.6 Å². The van der Waals surface area contributed by atoms with Crippen molar-refractivity contribution in [2.24, 2.45) is 0 Å².